The predicted molar refractivity (Wildman–Crippen MR) is 119 cm³/mol. The van der Waals surface area contributed by atoms with Crippen molar-refractivity contribution in [2.45, 2.75) is 13.3 Å². The van der Waals surface area contributed by atoms with E-state index in [1.807, 2.05) is 48.4 Å². The minimum absolute atomic E-state index is 0.0332. The van der Waals surface area contributed by atoms with Gasteiger partial charge in [-0.15, -0.1) is 0 Å². The van der Waals surface area contributed by atoms with E-state index in [0.717, 1.165) is 27.8 Å². The highest BCUT2D eigenvalue weighted by atomic mass is 16.5. The zero-order chi connectivity index (χ0) is 22.0. The number of aryl methyl sites for hydroxylation is 1. The molecular weight excluding hydrogens is 394 g/mol. The number of piperazine rings is 1. The summed E-state index contributed by atoms with van der Waals surface area (Å²) >= 11 is 0. The summed E-state index contributed by atoms with van der Waals surface area (Å²) in [5.74, 6) is 1.50. The number of carbonyl (C=O) groups is 2. The maximum absolute atomic E-state index is 12.9. The normalized spacial score (nSPS) is 14.0. The molecule has 0 spiro atoms. The number of fused-ring (bicyclic) bond motifs is 1. The van der Waals surface area contributed by atoms with Crippen LogP contribution < -0.4 is 9.47 Å². The number of methoxy groups -OCH3 is 2. The van der Waals surface area contributed by atoms with E-state index in [2.05, 4.69) is 4.98 Å². The summed E-state index contributed by atoms with van der Waals surface area (Å²) in [6.45, 7) is 4.03. The zero-order valence-corrected chi connectivity index (χ0v) is 18.1. The number of benzene rings is 2. The van der Waals surface area contributed by atoms with Crippen LogP contribution in [0.15, 0.2) is 42.6 Å². The van der Waals surface area contributed by atoms with Gasteiger partial charge in [0.1, 0.15) is 11.5 Å². The molecule has 3 aromatic rings. The first-order chi connectivity index (χ1) is 15.0. The summed E-state index contributed by atoms with van der Waals surface area (Å²) < 4.78 is 10.6. The van der Waals surface area contributed by atoms with E-state index in [0.29, 0.717) is 43.9 Å². The van der Waals surface area contributed by atoms with Crippen LogP contribution in [-0.4, -0.2) is 67.0 Å². The number of H-pyrrole nitrogens is 1. The standard InChI is InChI=1S/C24H27N3O4/c1-16-4-5-17(12-22(16)31-3)24(29)27-10-8-26(9-11-27)23(28)13-18-15-25-21-7-6-19(30-2)14-20(18)21/h4-7,12,14-15,25H,8-11,13H2,1-3H3. The molecule has 2 heterocycles. The van der Waals surface area contributed by atoms with Crippen molar-refractivity contribution in [2.75, 3.05) is 40.4 Å². The van der Waals surface area contributed by atoms with Gasteiger partial charge in [0.15, 0.2) is 0 Å². The van der Waals surface area contributed by atoms with Gasteiger partial charge in [-0.2, -0.15) is 0 Å². The maximum atomic E-state index is 12.9. The minimum Gasteiger partial charge on any atom is -0.497 e. The fraction of sp³-hybridized carbons (Fsp3) is 0.333. The molecule has 0 unspecified atom stereocenters. The van der Waals surface area contributed by atoms with Crippen molar-refractivity contribution in [1.29, 1.82) is 0 Å². The molecule has 1 fully saturated rings. The largest absolute Gasteiger partial charge is 0.497 e. The van der Waals surface area contributed by atoms with Gasteiger partial charge in [-0.25, -0.2) is 0 Å². The molecule has 7 heteroatoms. The highest BCUT2D eigenvalue weighted by Gasteiger charge is 2.25. The molecular formula is C24H27N3O4. The van der Waals surface area contributed by atoms with Crippen LogP contribution in [0.5, 0.6) is 11.5 Å². The van der Waals surface area contributed by atoms with Crippen molar-refractivity contribution in [1.82, 2.24) is 14.8 Å². The molecule has 1 saturated heterocycles. The number of aromatic nitrogens is 1. The van der Waals surface area contributed by atoms with Crippen LogP contribution >= 0.6 is 0 Å². The number of hydrogen-bond acceptors (Lipinski definition) is 4. The van der Waals surface area contributed by atoms with Crippen LogP contribution in [0.3, 0.4) is 0 Å². The van der Waals surface area contributed by atoms with Crippen molar-refractivity contribution < 1.29 is 19.1 Å². The number of nitrogens with one attached hydrogen (secondary N) is 1. The van der Waals surface area contributed by atoms with Gasteiger partial charge in [0.25, 0.3) is 5.91 Å². The molecule has 1 aromatic heterocycles. The smallest absolute Gasteiger partial charge is 0.254 e. The molecule has 2 aromatic carbocycles. The summed E-state index contributed by atoms with van der Waals surface area (Å²) in [4.78, 5) is 32.6. The zero-order valence-electron chi connectivity index (χ0n) is 18.1. The molecule has 0 radical (unpaired) electrons. The Hall–Kier alpha value is -3.48. The summed E-state index contributed by atoms with van der Waals surface area (Å²) in [5, 5.41) is 0.995. The third-order valence-electron chi connectivity index (χ3n) is 5.89. The van der Waals surface area contributed by atoms with Crippen LogP contribution in [0.25, 0.3) is 10.9 Å². The number of ether oxygens (including phenoxy) is 2. The Balaban J connectivity index is 1.38. The van der Waals surface area contributed by atoms with Crippen molar-refractivity contribution in [3.8, 4) is 11.5 Å². The average Bonchev–Trinajstić information content (AvgIpc) is 3.20. The van der Waals surface area contributed by atoms with E-state index >= 15 is 0 Å². The number of rotatable bonds is 5. The summed E-state index contributed by atoms with van der Waals surface area (Å²) in [7, 11) is 3.23. The molecule has 31 heavy (non-hydrogen) atoms. The molecule has 0 aliphatic carbocycles. The van der Waals surface area contributed by atoms with E-state index in [-0.39, 0.29) is 11.8 Å². The van der Waals surface area contributed by atoms with E-state index in [1.54, 1.807) is 25.2 Å². The maximum Gasteiger partial charge on any atom is 0.254 e. The lowest BCUT2D eigenvalue weighted by atomic mass is 10.1. The first-order valence-corrected chi connectivity index (χ1v) is 10.4. The van der Waals surface area contributed by atoms with Gasteiger partial charge in [0.2, 0.25) is 5.91 Å². The van der Waals surface area contributed by atoms with Gasteiger partial charge in [0.05, 0.1) is 20.6 Å². The fourth-order valence-electron chi connectivity index (χ4n) is 4.00. The molecule has 0 bridgehead atoms. The van der Waals surface area contributed by atoms with Crippen LogP contribution in [-0.2, 0) is 11.2 Å². The van der Waals surface area contributed by atoms with E-state index in [9.17, 15) is 9.59 Å². The lowest BCUT2D eigenvalue weighted by Crippen LogP contribution is -2.51. The first-order valence-electron chi connectivity index (χ1n) is 10.4. The van der Waals surface area contributed by atoms with Gasteiger partial charge < -0.3 is 24.3 Å². The Morgan fingerprint density at radius 2 is 1.71 bits per heavy atom. The molecule has 0 saturated carbocycles. The number of hydrogen-bond donors (Lipinski definition) is 1. The summed E-state index contributed by atoms with van der Waals surface area (Å²) in [6, 6.07) is 11.3. The van der Waals surface area contributed by atoms with Crippen LogP contribution in [0.4, 0.5) is 0 Å². The van der Waals surface area contributed by atoms with E-state index in [1.165, 1.54) is 0 Å². The quantitative estimate of drug-likeness (QED) is 0.687. The molecule has 4 rings (SSSR count). The number of amides is 2. The topological polar surface area (TPSA) is 74.9 Å². The Bertz CT molecular complexity index is 1110. The molecule has 2 amide bonds. The Kier molecular flexibility index (Phi) is 5.84. The number of nitrogens with zero attached hydrogens (tertiary/aromatic N) is 2. The Morgan fingerprint density at radius 1 is 0.968 bits per heavy atom. The van der Waals surface area contributed by atoms with Crippen LogP contribution in [0, 0.1) is 6.92 Å². The average molecular weight is 421 g/mol. The minimum atomic E-state index is -0.0332. The van der Waals surface area contributed by atoms with Gasteiger partial charge >= 0.3 is 0 Å². The van der Waals surface area contributed by atoms with Crippen molar-refractivity contribution in [3.05, 3.63) is 59.3 Å². The van der Waals surface area contributed by atoms with Gasteiger partial charge in [-0.1, -0.05) is 6.07 Å². The molecule has 7 nitrogen and oxygen atoms in total. The van der Waals surface area contributed by atoms with Gasteiger partial charge in [-0.3, -0.25) is 9.59 Å². The van der Waals surface area contributed by atoms with Crippen molar-refractivity contribution in [3.63, 3.8) is 0 Å². The molecule has 162 valence electrons. The fourth-order valence-corrected chi connectivity index (χ4v) is 4.00. The highest BCUT2D eigenvalue weighted by Crippen LogP contribution is 2.25. The lowest BCUT2D eigenvalue weighted by Gasteiger charge is -2.35. The second kappa shape index (κ2) is 8.71. The van der Waals surface area contributed by atoms with Gasteiger partial charge in [-0.05, 0) is 48.4 Å². The Morgan fingerprint density at radius 3 is 2.42 bits per heavy atom. The van der Waals surface area contributed by atoms with E-state index in [4.69, 9.17) is 9.47 Å². The number of aromatic amines is 1. The number of carbonyl (C=O) groups excluding carboxylic acids is 2. The SMILES string of the molecule is COc1ccc2[nH]cc(CC(=O)N3CCN(C(=O)c4ccc(C)c(OC)c4)CC3)c2c1. The van der Waals surface area contributed by atoms with Crippen molar-refractivity contribution in [2.24, 2.45) is 0 Å². The first kappa shape index (κ1) is 20.8. The Labute approximate surface area is 181 Å². The predicted octanol–water partition coefficient (Wildman–Crippen LogP) is 3.02. The molecule has 1 aliphatic heterocycles. The summed E-state index contributed by atoms with van der Waals surface area (Å²) in [6.07, 6.45) is 2.20. The third-order valence-corrected chi connectivity index (χ3v) is 5.89. The molecule has 1 N–H and O–H groups in total. The second-order valence-electron chi connectivity index (χ2n) is 7.76. The van der Waals surface area contributed by atoms with Gasteiger partial charge in [0, 0.05) is 48.8 Å². The highest BCUT2D eigenvalue weighted by molar-refractivity contribution is 5.95. The molecule has 1 aliphatic rings. The third kappa shape index (κ3) is 4.21. The second-order valence-corrected chi connectivity index (χ2v) is 7.76. The monoisotopic (exact) mass is 421 g/mol. The van der Waals surface area contributed by atoms with E-state index < -0.39 is 0 Å². The van der Waals surface area contributed by atoms with Crippen LogP contribution in [0.1, 0.15) is 21.5 Å². The molecule has 0 atom stereocenters. The summed E-state index contributed by atoms with van der Waals surface area (Å²) in [5.41, 5.74) is 3.52. The van der Waals surface area contributed by atoms with Crippen LogP contribution in [0.2, 0.25) is 0 Å². The lowest BCUT2D eigenvalue weighted by molar-refractivity contribution is -0.131. The van der Waals surface area contributed by atoms with Crippen molar-refractivity contribution >= 4 is 22.7 Å².